The van der Waals surface area contributed by atoms with Crippen LogP contribution in [-0.4, -0.2) is 21.3 Å². The van der Waals surface area contributed by atoms with E-state index in [2.05, 4.69) is 28.5 Å². The van der Waals surface area contributed by atoms with Crippen LogP contribution in [0.5, 0.6) is 0 Å². The summed E-state index contributed by atoms with van der Waals surface area (Å²) < 4.78 is 1.89. The molecule has 1 atom stereocenters. The average Bonchev–Trinajstić information content (AvgIpc) is 2.96. The maximum Gasteiger partial charge on any atom is 0.191 e. The Morgan fingerprint density at radius 3 is 2.94 bits per heavy atom. The normalized spacial score (nSPS) is 12.8. The van der Waals surface area contributed by atoms with E-state index in [1.807, 2.05) is 17.8 Å². The van der Waals surface area contributed by atoms with Gasteiger partial charge in [-0.2, -0.15) is 5.10 Å². The van der Waals surface area contributed by atoms with E-state index in [4.69, 9.17) is 5.73 Å². The highest BCUT2D eigenvalue weighted by atomic mass is 32.1. The molecule has 2 rings (SSSR count). The number of hydrogen-bond acceptors (Lipinski definition) is 4. The standard InChI is InChI=1S/C13H20N4S/c1-10(7-8-14)5-6-12-15-13(16-17(12)2)11-4-3-9-18-11/h3-4,9-10H,5-8,14H2,1-2H3. The molecule has 4 nitrogen and oxygen atoms in total. The van der Waals surface area contributed by atoms with Crippen molar-refractivity contribution >= 4 is 11.3 Å². The fourth-order valence-corrected chi connectivity index (χ4v) is 2.60. The van der Waals surface area contributed by atoms with Crippen LogP contribution in [0.3, 0.4) is 0 Å². The van der Waals surface area contributed by atoms with E-state index in [9.17, 15) is 0 Å². The molecule has 0 fully saturated rings. The molecule has 0 radical (unpaired) electrons. The van der Waals surface area contributed by atoms with E-state index in [1.54, 1.807) is 11.3 Å². The van der Waals surface area contributed by atoms with Crippen molar-refractivity contribution in [3.8, 4) is 10.7 Å². The van der Waals surface area contributed by atoms with Gasteiger partial charge >= 0.3 is 0 Å². The highest BCUT2D eigenvalue weighted by molar-refractivity contribution is 7.13. The first-order valence-electron chi connectivity index (χ1n) is 6.34. The quantitative estimate of drug-likeness (QED) is 0.872. The van der Waals surface area contributed by atoms with Gasteiger partial charge in [-0.3, -0.25) is 4.68 Å². The van der Waals surface area contributed by atoms with Crippen LogP contribution in [0.25, 0.3) is 10.7 Å². The van der Waals surface area contributed by atoms with Gasteiger partial charge in [-0.1, -0.05) is 13.0 Å². The third-order valence-corrected chi connectivity index (χ3v) is 3.98. The largest absolute Gasteiger partial charge is 0.330 e. The molecule has 2 aromatic heterocycles. The summed E-state index contributed by atoms with van der Waals surface area (Å²) in [5.41, 5.74) is 5.56. The molecule has 98 valence electrons. The Hall–Kier alpha value is -1.20. The molecule has 0 aliphatic carbocycles. The van der Waals surface area contributed by atoms with Crippen molar-refractivity contribution in [3.63, 3.8) is 0 Å². The van der Waals surface area contributed by atoms with Crippen molar-refractivity contribution in [1.29, 1.82) is 0 Å². The minimum Gasteiger partial charge on any atom is -0.330 e. The summed E-state index contributed by atoms with van der Waals surface area (Å²) in [5, 5.41) is 6.52. The Bertz CT molecular complexity index is 475. The maximum atomic E-state index is 5.56. The Morgan fingerprint density at radius 2 is 2.28 bits per heavy atom. The van der Waals surface area contributed by atoms with Crippen LogP contribution in [-0.2, 0) is 13.5 Å². The number of rotatable bonds is 6. The highest BCUT2D eigenvalue weighted by Gasteiger charge is 2.11. The van der Waals surface area contributed by atoms with Gasteiger partial charge in [0, 0.05) is 13.5 Å². The number of aromatic nitrogens is 3. The first-order chi connectivity index (χ1) is 8.70. The van der Waals surface area contributed by atoms with Crippen molar-refractivity contribution in [1.82, 2.24) is 14.8 Å². The minimum absolute atomic E-state index is 0.650. The van der Waals surface area contributed by atoms with Gasteiger partial charge in [-0.25, -0.2) is 4.98 Å². The summed E-state index contributed by atoms with van der Waals surface area (Å²) in [7, 11) is 1.97. The molecule has 2 aromatic rings. The molecule has 0 aliphatic heterocycles. The van der Waals surface area contributed by atoms with Crippen molar-refractivity contribution in [2.24, 2.45) is 18.7 Å². The van der Waals surface area contributed by atoms with E-state index < -0.39 is 0 Å². The molecule has 1 unspecified atom stereocenters. The summed E-state index contributed by atoms with van der Waals surface area (Å²) in [5.74, 6) is 2.55. The first-order valence-corrected chi connectivity index (χ1v) is 7.22. The predicted octanol–water partition coefficient (Wildman–Crippen LogP) is 2.46. The van der Waals surface area contributed by atoms with E-state index in [-0.39, 0.29) is 0 Å². The molecule has 18 heavy (non-hydrogen) atoms. The zero-order chi connectivity index (χ0) is 13.0. The lowest BCUT2D eigenvalue weighted by Crippen LogP contribution is -2.08. The number of hydrogen-bond donors (Lipinski definition) is 1. The average molecular weight is 264 g/mol. The fourth-order valence-electron chi connectivity index (χ4n) is 1.95. The fraction of sp³-hybridized carbons (Fsp3) is 0.538. The van der Waals surface area contributed by atoms with E-state index in [0.717, 1.165) is 42.3 Å². The van der Waals surface area contributed by atoms with E-state index >= 15 is 0 Å². The van der Waals surface area contributed by atoms with Crippen molar-refractivity contribution in [3.05, 3.63) is 23.3 Å². The molecule has 0 aromatic carbocycles. The molecule has 0 bridgehead atoms. The minimum atomic E-state index is 0.650. The van der Waals surface area contributed by atoms with Crippen LogP contribution in [0, 0.1) is 5.92 Å². The summed E-state index contributed by atoms with van der Waals surface area (Å²) in [6, 6.07) is 4.08. The van der Waals surface area contributed by atoms with Crippen molar-refractivity contribution < 1.29 is 0 Å². The molecular formula is C13H20N4S. The van der Waals surface area contributed by atoms with Gasteiger partial charge in [0.2, 0.25) is 0 Å². The molecule has 0 spiro atoms. The maximum absolute atomic E-state index is 5.56. The molecular weight excluding hydrogens is 244 g/mol. The Labute approximate surface area is 112 Å². The van der Waals surface area contributed by atoms with Crippen molar-refractivity contribution in [2.75, 3.05) is 6.54 Å². The zero-order valence-electron chi connectivity index (χ0n) is 11.0. The van der Waals surface area contributed by atoms with Crippen LogP contribution in [0.15, 0.2) is 17.5 Å². The second-order valence-corrected chi connectivity index (χ2v) is 5.62. The SMILES string of the molecule is CC(CCN)CCc1nc(-c2cccs2)nn1C. The Kier molecular flexibility index (Phi) is 4.49. The van der Waals surface area contributed by atoms with Crippen molar-refractivity contribution in [2.45, 2.75) is 26.2 Å². The summed E-state index contributed by atoms with van der Waals surface area (Å²) in [6.07, 6.45) is 3.17. The van der Waals surface area contributed by atoms with Gasteiger partial charge in [0.1, 0.15) is 5.82 Å². The second-order valence-electron chi connectivity index (χ2n) is 4.67. The molecule has 2 N–H and O–H groups in total. The lowest BCUT2D eigenvalue weighted by Gasteiger charge is -2.08. The second kappa shape index (κ2) is 6.11. The monoisotopic (exact) mass is 264 g/mol. The predicted molar refractivity (Wildman–Crippen MR) is 75.5 cm³/mol. The lowest BCUT2D eigenvalue weighted by molar-refractivity contribution is 0.487. The smallest absolute Gasteiger partial charge is 0.191 e. The van der Waals surface area contributed by atoms with Gasteiger partial charge in [-0.15, -0.1) is 11.3 Å². The Balaban J connectivity index is 2.01. The van der Waals surface area contributed by atoms with Crippen LogP contribution in [0.2, 0.25) is 0 Å². The van der Waals surface area contributed by atoms with Gasteiger partial charge < -0.3 is 5.73 Å². The van der Waals surface area contributed by atoms with Gasteiger partial charge in [0.15, 0.2) is 5.82 Å². The number of nitrogens with zero attached hydrogens (tertiary/aromatic N) is 3. The van der Waals surface area contributed by atoms with E-state index in [0.29, 0.717) is 5.92 Å². The summed E-state index contributed by atoms with van der Waals surface area (Å²) in [4.78, 5) is 5.75. The number of thiophene rings is 1. The molecule has 0 amide bonds. The van der Waals surface area contributed by atoms with Crippen LogP contribution >= 0.6 is 11.3 Å². The highest BCUT2D eigenvalue weighted by Crippen LogP contribution is 2.21. The number of aryl methyl sites for hydroxylation is 2. The third kappa shape index (κ3) is 3.17. The molecule has 0 aliphatic rings. The third-order valence-electron chi connectivity index (χ3n) is 3.11. The topological polar surface area (TPSA) is 56.7 Å². The van der Waals surface area contributed by atoms with Gasteiger partial charge in [0.25, 0.3) is 0 Å². The van der Waals surface area contributed by atoms with Crippen LogP contribution < -0.4 is 5.73 Å². The van der Waals surface area contributed by atoms with Crippen LogP contribution in [0.1, 0.15) is 25.6 Å². The Morgan fingerprint density at radius 1 is 1.44 bits per heavy atom. The number of nitrogens with two attached hydrogens (primary N) is 1. The molecule has 0 saturated carbocycles. The molecule has 0 saturated heterocycles. The first kappa shape index (κ1) is 13.2. The lowest BCUT2D eigenvalue weighted by atomic mass is 10.0. The molecule has 5 heteroatoms. The van der Waals surface area contributed by atoms with Crippen LogP contribution in [0.4, 0.5) is 0 Å². The molecule has 2 heterocycles. The van der Waals surface area contributed by atoms with E-state index in [1.165, 1.54) is 0 Å². The zero-order valence-corrected chi connectivity index (χ0v) is 11.8. The summed E-state index contributed by atoms with van der Waals surface area (Å²) >= 11 is 1.68. The van der Waals surface area contributed by atoms with Gasteiger partial charge in [0.05, 0.1) is 4.88 Å². The van der Waals surface area contributed by atoms with Gasteiger partial charge in [-0.05, 0) is 36.8 Å². The summed E-state index contributed by atoms with van der Waals surface area (Å²) in [6.45, 7) is 3.00.